The average molecular weight is 341 g/mol. The van der Waals surface area contributed by atoms with Gasteiger partial charge in [-0.15, -0.1) is 0 Å². The van der Waals surface area contributed by atoms with Crippen molar-refractivity contribution < 1.29 is 4.79 Å². The molecule has 0 bridgehead atoms. The van der Waals surface area contributed by atoms with Gasteiger partial charge in [0.1, 0.15) is 0 Å². The maximum atomic E-state index is 12.5. The molecule has 1 aromatic carbocycles. The average Bonchev–Trinajstić information content (AvgIpc) is 3.08. The lowest BCUT2D eigenvalue weighted by Gasteiger charge is -2.11. The minimum atomic E-state index is -0.144. The van der Waals surface area contributed by atoms with Crippen molar-refractivity contribution in [3.8, 4) is 5.69 Å². The maximum Gasteiger partial charge on any atom is 0.304 e. The van der Waals surface area contributed by atoms with Gasteiger partial charge in [-0.1, -0.05) is 23.5 Å². The number of carbonyl (C=O) groups is 1. The van der Waals surface area contributed by atoms with Gasteiger partial charge in [-0.3, -0.25) is 9.59 Å². The monoisotopic (exact) mass is 341 g/mol. The Morgan fingerprint density at radius 3 is 2.71 bits per heavy atom. The summed E-state index contributed by atoms with van der Waals surface area (Å²) in [5.74, 6) is -0.144. The highest BCUT2D eigenvalue weighted by molar-refractivity contribution is 7.07. The fraction of sp³-hybridized carbons (Fsp3) is 0.222. The van der Waals surface area contributed by atoms with E-state index in [0.717, 1.165) is 28.4 Å². The summed E-state index contributed by atoms with van der Waals surface area (Å²) in [6.07, 6.45) is 0. The lowest BCUT2D eigenvalue weighted by Crippen LogP contribution is -2.23. The van der Waals surface area contributed by atoms with E-state index in [1.807, 2.05) is 45.0 Å². The number of aryl methyl sites for hydroxylation is 2. The Hall–Kier alpha value is -2.60. The van der Waals surface area contributed by atoms with Crippen molar-refractivity contribution in [1.29, 1.82) is 0 Å². The third-order valence-corrected chi connectivity index (χ3v) is 4.66. The SMILES string of the molecule is Cc1cccc(-n2c(C)cc(C(=O)NCc3csc(=O)[nH]3)c2C)c1. The Kier molecular flexibility index (Phi) is 4.40. The molecule has 1 amide bonds. The normalized spacial score (nSPS) is 10.8. The molecule has 2 N–H and O–H groups in total. The number of nitrogens with zero attached hydrogens (tertiary/aromatic N) is 1. The second kappa shape index (κ2) is 6.49. The molecule has 0 saturated carbocycles. The Labute approximate surface area is 144 Å². The first-order valence-corrected chi connectivity index (χ1v) is 8.54. The van der Waals surface area contributed by atoms with Crippen LogP contribution in [-0.4, -0.2) is 15.5 Å². The highest BCUT2D eigenvalue weighted by Gasteiger charge is 2.16. The second-order valence-electron chi connectivity index (χ2n) is 5.82. The van der Waals surface area contributed by atoms with E-state index in [9.17, 15) is 9.59 Å². The van der Waals surface area contributed by atoms with Crippen LogP contribution in [0, 0.1) is 20.8 Å². The number of thiazole rings is 1. The smallest absolute Gasteiger partial charge is 0.304 e. The van der Waals surface area contributed by atoms with Crippen LogP contribution in [0.2, 0.25) is 0 Å². The van der Waals surface area contributed by atoms with E-state index in [4.69, 9.17) is 0 Å². The van der Waals surface area contributed by atoms with Gasteiger partial charge < -0.3 is 14.9 Å². The summed E-state index contributed by atoms with van der Waals surface area (Å²) in [6.45, 7) is 6.29. The third kappa shape index (κ3) is 3.19. The molecule has 6 heteroatoms. The number of nitrogens with one attached hydrogen (secondary N) is 2. The molecule has 0 radical (unpaired) electrons. The number of hydrogen-bond acceptors (Lipinski definition) is 3. The van der Waals surface area contributed by atoms with Gasteiger partial charge in [-0.25, -0.2) is 0 Å². The fourth-order valence-electron chi connectivity index (χ4n) is 2.83. The quantitative estimate of drug-likeness (QED) is 0.766. The summed E-state index contributed by atoms with van der Waals surface area (Å²) < 4.78 is 2.08. The molecule has 0 aliphatic heterocycles. The summed E-state index contributed by atoms with van der Waals surface area (Å²) >= 11 is 1.09. The van der Waals surface area contributed by atoms with Crippen LogP contribution < -0.4 is 10.2 Å². The van der Waals surface area contributed by atoms with E-state index < -0.39 is 0 Å². The molecule has 24 heavy (non-hydrogen) atoms. The minimum Gasteiger partial charge on any atom is -0.346 e. The maximum absolute atomic E-state index is 12.5. The molecule has 0 fully saturated rings. The Morgan fingerprint density at radius 1 is 1.25 bits per heavy atom. The van der Waals surface area contributed by atoms with Crippen molar-refractivity contribution in [2.75, 3.05) is 0 Å². The lowest BCUT2D eigenvalue weighted by atomic mass is 10.2. The van der Waals surface area contributed by atoms with Crippen LogP contribution >= 0.6 is 11.3 Å². The lowest BCUT2D eigenvalue weighted by molar-refractivity contribution is 0.0950. The van der Waals surface area contributed by atoms with Gasteiger partial charge >= 0.3 is 4.87 Å². The van der Waals surface area contributed by atoms with Crippen LogP contribution in [0.25, 0.3) is 5.69 Å². The summed E-state index contributed by atoms with van der Waals surface area (Å²) in [5, 5.41) is 4.58. The van der Waals surface area contributed by atoms with Gasteiger partial charge in [0.25, 0.3) is 5.91 Å². The Morgan fingerprint density at radius 2 is 2.04 bits per heavy atom. The van der Waals surface area contributed by atoms with E-state index in [1.165, 1.54) is 5.56 Å². The summed E-state index contributed by atoms with van der Waals surface area (Å²) in [4.78, 5) is 26.2. The Bertz CT molecular complexity index is 949. The molecule has 0 unspecified atom stereocenters. The largest absolute Gasteiger partial charge is 0.346 e. The number of H-pyrrole nitrogens is 1. The van der Waals surface area contributed by atoms with E-state index in [2.05, 4.69) is 20.9 Å². The van der Waals surface area contributed by atoms with Crippen molar-refractivity contribution in [2.45, 2.75) is 27.3 Å². The number of aromatic nitrogens is 2. The van der Waals surface area contributed by atoms with Gasteiger partial charge in [0.2, 0.25) is 0 Å². The van der Waals surface area contributed by atoms with E-state index in [0.29, 0.717) is 17.8 Å². The van der Waals surface area contributed by atoms with Crippen LogP contribution in [-0.2, 0) is 6.54 Å². The number of amides is 1. The first-order chi connectivity index (χ1) is 11.5. The van der Waals surface area contributed by atoms with Gasteiger partial charge in [0.05, 0.1) is 12.1 Å². The molecule has 3 aromatic rings. The standard InChI is InChI=1S/C18H19N3O2S/c1-11-5-4-6-15(7-11)21-12(2)8-16(13(21)3)17(22)19-9-14-10-24-18(23)20-14/h4-8,10H,9H2,1-3H3,(H,19,22)(H,20,23). The van der Waals surface area contributed by atoms with Gasteiger partial charge in [0.15, 0.2) is 0 Å². The molecule has 2 aromatic heterocycles. The number of carbonyl (C=O) groups excluding carboxylic acids is 1. The molecule has 5 nitrogen and oxygen atoms in total. The second-order valence-corrected chi connectivity index (χ2v) is 6.66. The van der Waals surface area contributed by atoms with Gasteiger partial charge in [-0.2, -0.15) is 0 Å². The molecule has 0 spiro atoms. The number of benzene rings is 1. The zero-order valence-corrected chi connectivity index (χ0v) is 14.7. The van der Waals surface area contributed by atoms with E-state index >= 15 is 0 Å². The Balaban J connectivity index is 1.85. The third-order valence-electron chi connectivity index (χ3n) is 3.95. The van der Waals surface area contributed by atoms with Crippen molar-refractivity contribution in [2.24, 2.45) is 0 Å². The highest BCUT2D eigenvalue weighted by Crippen LogP contribution is 2.21. The first kappa shape index (κ1) is 16.3. The van der Waals surface area contributed by atoms with Crippen molar-refractivity contribution >= 4 is 17.2 Å². The predicted octanol–water partition coefficient (Wildman–Crippen LogP) is 3.08. The molecule has 0 aliphatic carbocycles. The molecule has 0 aliphatic rings. The number of aromatic amines is 1. The van der Waals surface area contributed by atoms with Crippen LogP contribution in [0.5, 0.6) is 0 Å². The number of hydrogen-bond donors (Lipinski definition) is 2. The van der Waals surface area contributed by atoms with E-state index in [-0.39, 0.29) is 10.8 Å². The summed E-state index contributed by atoms with van der Waals surface area (Å²) in [6, 6.07) is 10.1. The van der Waals surface area contributed by atoms with Crippen LogP contribution in [0.4, 0.5) is 0 Å². The summed E-state index contributed by atoms with van der Waals surface area (Å²) in [5.41, 5.74) is 5.48. The zero-order valence-electron chi connectivity index (χ0n) is 13.8. The van der Waals surface area contributed by atoms with Crippen molar-refractivity contribution in [3.63, 3.8) is 0 Å². The van der Waals surface area contributed by atoms with Crippen LogP contribution in [0.3, 0.4) is 0 Å². The van der Waals surface area contributed by atoms with Crippen molar-refractivity contribution in [1.82, 2.24) is 14.9 Å². The molecule has 0 saturated heterocycles. The molecule has 124 valence electrons. The minimum absolute atomic E-state index is 0.114. The highest BCUT2D eigenvalue weighted by atomic mass is 32.1. The van der Waals surface area contributed by atoms with Crippen LogP contribution in [0.15, 0.2) is 40.5 Å². The van der Waals surface area contributed by atoms with Crippen LogP contribution in [0.1, 0.15) is 33.0 Å². The fourth-order valence-corrected chi connectivity index (χ4v) is 3.41. The molecule has 3 rings (SSSR count). The molecular formula is C18H19N3O2S. The van der Waals surface area contributed by atoms with Gasteiger partial charge in [0, 0.05) is 28.1 Å². The van der Waals surface area contributed by atoms with Gasteiger partial charge in [-0.05, 0) is 44.5 Å². The first-order valence-electron chi connectivity index (χ1n) is 7.66. The molecule has 0 atom stereocenters. The topological polar surface area (TPSA) is 66.9 Å². The predicted molar refractivity (Wildman–Crippen MR) is 96.1 cm³/mol. The molecule has 2 heterocycles. The van der Waals surface area contributed by atoms with E-state index in [1.54, 1.807) is 5.38 Å². The number of rotatable bonds is 4. The zero-order chi connectivity index (χ0) is 17.3. The summed E-state index contributed by atoms with van der Waals surface area (Å²) in [7, 11) is 0. The molecular weight excluding hydrogens is 322 g/mol. The van der Waals surface area contributed by atoms with Crippen molar-refractivity contribution in [3.05, 3.63) is 73.6 Å².